The maximum Gasteiger partial charge on any atom is 0.319 e. The molecule has 1 aliphatic carbocycles. The third-order valence-corrected chi connectivity index (χ3v) is 5.30. The fraction of sp³-hybridized carbons (Fsp3) is 0.304. The van der Waals surface area contributed by atoms with Crippen LogP contribution in [-0.2, 0) is 6.54 Å². The summed E-state index contributed by atoms with van der Waals surface area (Å²) in [5.74, 6) is 1.30. The van der Waals surface area contributed by atoms with Gasteiger partial charge < -0.3 is 25.2 Å². The number of nitrogens with zero attached hydrogens (tertiary/aromatic N) is 1. The number of aliphatic hydroxyl groups excluding tert-OH is 1. The summed E-state index contributed by atoms with van der Waals surface area (Å²) < 4.78 is 11.4. The SMILES string of the molecule is COc1cccc(CNC(=O)Nc2ccc(-c3cn[nH]c3)cc2OC2CCC(O)C2)c1. The van der Waals surface area contributed by atoms with Gasteiger partial charge in [-0.3, -0.25) is 5.10 Å². The highest BCUT2D eigenvalue weighted by atomic mass is 16.5. The van der Waals surface area contributed by atoms with Crippen LogP contribution in [0.25, 0.3) is 11.1 Å². The third-order valence-electron chi connectivity index (χ3n) is 5.30. The minimum absolute atomic E-state index is 0.0880. The van der Waals surface area contributed by atoms with E-state index in [-0.39, 0.29) is 18.2 Å². The number of aromatic amines is 1. The van der Waals surface area contributed by atoms with Gasteiger partial charge >= 0.3 is 6.03 Å². The van der Waals surface area contributed by atoms with E-state index in [0.29, 0.717) is 24.4 Å². The van der Waals surface area contributed by atoms with Gasteiger partial charge in [0.05, 0.1) is 25.1 Å². The number of carbonyl (C=O) groups is 1. The van der Waals surface area contributed by atoms with Gasteiger partial charge in [-0.1, -0.05) is 18.2 Å². The van der Waals surface area contributed by atoms with Crippen LogP contribution in [0.4, 0.5) is 10.5 Å². The number of aliphatic hydroxyl groups is 1. The largest absolute Gasteiger partial charge is 0.497 e. The first kappa shape index (κ1) is 20.7. The predicted octanol–water partition coefficient (Wildman–Crippen LogP) is 3.70. The van der Waals surface area contributed by atoms with E-state index in [0.717, 1.165) is 35.3 Å². The highest BCUT2D eigenvalue weighted by molar-refractivity contribution is 5.91. The lowest BCUT2D eigenvalue weighted by molar-refractivity contribution is 0.150. The van der Waals surface area contributed by atoms with Crippen LogP contribution in [0.3, 0.4) is 0 Å². The van der Waals surface area contributed by atoms with E-state index in [9.17, 15) is 9.90 Å². The summed E-state index contributed by atoms with van der Waals surface area (Å²) in [6, 6.07) is 12.8. The van der Waals surface area contributed by atoms with Gasteiger partial charge in [0, 0.05) is 24.7 Å². The molecule has 0 bridgehead atoms. The monoisotopic (exact) mass is 422 g/mol. The predicted molar refractivity (Wildman–Crippen MR) is 117 cm³/mol. The Morgan fingerprint density at radius 3 is 2.87 bits per heavy atom. The summed E-state index contributed by atoms with van der Waals surface area (Å²) in [6.07, 6.45) is 5.17. The fourth-order valence-electron chi connectivity index (χ4n) is 3.65. The number of hydrogen-bond acceptors (Lipinski definition) is 5. The number of H-pyrrole nitrogens is 1. The van der Waals surface area contributed by atoms with Crippen molar-refractivity contribution in [3.8, 4) is 22.6 Å². The Kier molecular flexibility index (Phi) is 6.37. The highest BCUT2D eigenvalue weighted by Gasteiger charge is 2.25. The maximum absolute atomic E-state index is 12.5. The second-order valence-corrected chi connectivity index (χ2v) is 7.56. The van der Waals surface area contributed by atoms with Crippen molar-refractivity contribution in [3.05, 3.63) is 60.4 Å². The maximum atomic E-state index is 12.5. The number of anilines is 1. The first-order valence-corrected chi connectivity index (χ1v) is 10.3. The topological polar surface area (TPSA) is 108 Å². The van der Waals surface area contributed by atoms with Crippen molar-refractivity contribution in [1.82, 2.24) is 15.5 Å². The molecule has 3 aromatic rings. The van der Waals surface area contributed by atoms with Gasteiger partial charge in [-0.15, -0.1) is 0 Å². The number of rotatable bonds is 7. The van der Waals surface area contributed by atoms with Gasteiger partial charge in [-0.25, -0.2) is 4.79 Å². The summed E-state index contributed by atoms with van der Waals surface area (Å²) in [5, 5.41) is 22.4. The van der Waals surface area contributed by atoms with Crippen LogP contribution in [0.15, 0.2) is 54.9 Å². The number of amides is 2. The fourth-order valence-corrected chi connectivity index (χ4v) is 3.65. The molecule has 8 heteroatoms. The Bertz CT molecular complexity index is 1020. The first-order chi connectivity index (χ1) is 15.1. The molecule has 1 aliphatic rings. The first-order valence-electron chi connectivity index (χ1n) is 10.3. The van der Waals surface area contributed by atoms with Crippen LogP contribution in [0.5, 0.6) is 11.5 Å². The second kappa shape index (κ2) is 9.53. The van der Waals surface area contributed by atoms with E-state index in [1.807, 2.05) is 42.5 Å². The molecule has 1 saturated carbocycles. The molecule has 2 amide bonds. The number of ether oxygens (including phenoxy) is 2. The summed E-state index contributed by atoms with van der Waals surface area (Å²) in [5.41, 5.74) is 3.34. The number of nitrogens with one attached hydrogen (secondary N) is 3. The molecule has 0 aliphatic heterocycles. The lowest BCUT2D eigenvalue weighted by atomic mass is 10.1. The van der Waals surface area contributed by atoms with Crippen molar-refractivity contribution in [1.29, 1.82) is 0 Å². The van der Waals surface area contributed by atoms with Crippen LogP contribution < -0.4 is 20.1 Å². The Morgan fingerprint density at radius 1 is 1.23 bits per heavy atom. The number of urea groups is 1. The zero-order valence-electron chi connectivity index (χ0n) is 17.3. The molecule has 162 valence electrons. The Hall–Kier alpha value is -3.52. The van der Waals surface area contributed by atoms with E-state index < -0.39 is 0 Å². The van der Waals surface area contributed by atoms with Gasteiger partial charge in [0.15, 0.2) is 0 Å². The molecule has 2 aromatic carbocycles. The minimum Gasteiger partial charge on any atom is -0.497 e. The van der Waals surface area contributed by atoms with Crippen molar-refractivity contribution in [2.24, 2.45) is 0 Å². The zero-order valence-corrected chi connectivity index (χ0v) is 17.3. The quantitative estimate of drug-likeness (QED) is 0.464. The van der Waals surface area contributed by atoms with Crippen LogP contribution in [-0.4, -0.2) is 40.7 Å². The third kappa shape index (κ3) is 5.35. The molecule has 8 nitrogen and oxygen atoms in total. The molecule has 0 spiro atoms. The van der Waals surface area contributed by atoms with Crippen LogP contribution in [0, 0.1) is 0 Å². The van der Waals surface area contributed by atoms with Crippen LogP contribution in [0.2, 0.25) is 0 Å². The normalized spacial score (nSPS) is 17.9. The van der Waals surface area contributed by atoms with E-state index in [1.54, 1.807) is 19.5 Å². The van der Waals surface area contributed by atoms with Gasteiger partial charge in [0.2, 0.25) is 0 Å². The average Bonchev–Trinajstić information content (AvgIpc) is 3.46. The van der Waals surface area contributed by atoms with Crippen molar-refractivity contribution >= 4 is 11.7 Å². The van der Waals surface area contributed by atoms with Crippen molar-refractivity contribution in [3.63, 3.8) is 0 Å². The molecule has 1 heterocycles. The Labute approximate surface area is 180 Å². The smallest absolute Gasteiger partial charge is 0.319 e. The number of carbonyl (C=O) groups excluding carboxylic acids is 1. The highest BCUT2D eigenvalue weighted by Crippen LogP contribution is 2.34. The molecule has 4 N–H and O–H groups in total. The molecule has 1 aromatic heterocycles. The average molecular weight is 422 g/mol. The number of hydrogen-bond donors (Lipinski definition) is 4. The molecule has 2 atom stereocenters. The van der Waals surface area contributed by atoms with Crippen molar-refractivity contribution in [2.45, 2.75) is 38.0 Å². The number of benzene rings is 2. The molecule has 4 rings (SSSR count). The van der Waals surface area contributed by atoms with Crippen LogP contribution in [0.1, 0.15) is 24.8 Å². The van der Waals surface area contributed by atoms with Crippen molar-refractivity contribution in [2.75, 3.05) is 12.4 Å². The van der Waals surface area contributed by atoms with Gasteiger partial charge in [-0.2, -0.15) is 5.10 Å². The molecule has 2 unspecified atom stereocenters. The lowest BCUT2D eigenvalue weighted by Gasteiger charge is -2.18. The summed E-state index contributed by atoms with van der Waals surface area (Å²) in [4.78, 5) is 12.5. The van der Waals surface area contributed by atoms with E-state index in [1.165, 1.54) is 0 Å². The Morgan fingerprint density at radius 2 is 2.13 bits per heavy atom. The second-order valence-electron chi connectivity index (χ2n) is 7.56. The number of methoxy groups -OCH3 is 1. The molecule has 31 heavy (non-hydrogen) atoms. The number of aromatic nitrogens is 2. The van der Waals surface area contributed by atoms with E-state index >= 15 is 0 Å². The Balaban J connectivity index is 1.47. The van der Waals surface area contributed by atoms with Gasteiger partial charge in [0.25, 0.3) is 0 Å². The minimum atomic E-state index is -0.343. The van der Waals surface area contributed by atoms with E-state index in [4.69, 9.17) is 9.47 Å². The van der Waals surface area contributed by atoms with Crippen LogP contribution >= 0.6 is 0 Å². The standard InChI is InChI=1S/C23H26N4O4/c1-30-19-4-2-3-15(9-19)12-24-23(29)27-21-8-5-16(17-13-25-26-14-17)10-22(21)31-20-7-6-18(28)11-20/h2-5,8-10,13-14,18,20,28H,6-7,11-12H2,1H3,(H,25,26)(H2,24,27,29). The molecular formula is C23H26N4O4. The summed E-state index contributed by atoms with van der Waals surface area (Å²) >= 11 is 0. The molecule has 0 radical (unpaired) electrons. The molecule has 0 saturated heterocycles. The van der Waals surface area contributed by atoms with Crippen molar-refractivity contribution < 1.29 is 19.4 Å². The van der Waals surface area contributed by atoms with Gasteiger partial charge in [-0.05, 0) is 48.2 Å². The molecular weight excluding hydrogens is 396 g/mol. The lowest BCUT2D eigenvalue weighted by Crippen LogP contribution is -2.28. The van der Waals surface area contributed by atoms with E-state index in [2.05, 4.69) is 20.8 Å². The van der Waals surface area contributed by atoms with Gasteiger partial charge in [0.1, 0.15) is 17.6 Å². The summed E-state index contributed by atoms with van der Waals surface area (Å²) in [7, 11) is 1.61. The molecule has 1 fully saturated rings. The summed E-state index contributed by atoms with van der Waals surface area (Å²) in [6.45, 7) is 0.362. The zero-order chi connectivity index (χ0) is 21.6.